The first kappa shape index (κ1) is 20.5. The fraction of sp³-hybridized carbons (Fsp3) is 0.0667. The Morgan fingerprint density at radius 2 is 1.43 bits per heavy atom. The van der Waals surface area contributed by atoms with Crippen molar-refractivity contribution in [3.63, 3.8) is 0 Å². The lowest BCUT2D eigenvalue weighted by Crippen LogP contribution is -2.31. The third kappa shape index (κ3) is 3.82. The zero-order valence-corrected chi connectivity index (χ0v) is 13.6. The highest BCUT2D eigenvalue weighted by Crippen LogP contribution is 2.26. The summed E-state index contributed by atoms with van der Waals surface area (Å²) in [6.45, 7) is 0. The number of hydrazine groups is 1. The monoisotopic (exact) mass is 405 g/mol. The van der Waals surface area contributed by atoms with Gasteiger partial charge in [0.25, 0.3) is 11.6 Å². The quantitative estimate of drug-likeness (QED) is 0.198. The SMILES string of the molecule is COC(=O)c1cc(C(=O)NNc2c(F)c(F)c(F)c(F)c2F)cc([N+](=O)[O-])c1. The molecule has 148 valence electrons. The van der Waals surface area contributed by atoms with Crippen LogP contribution >= 0.6 is 0 Å². The van der Waals surface area contributed by atoms with Crippen LogP contribution < -0.4 is 10.9 Å². The molecule has 0 aliphatic carbocycles. The van der Waals surface area contributed by atoms with Crippen molar-refractivity contribution in [3.05, 3.63) is 68.5 Å². The summed E-state index contributed by atoms with van der Waals surface area (Å²) in [5.74, 6) is -13.7. The number of rotatable bonds is 5. The normalized spacial score (nSPS) is 10.4. The predicted molar refractivity (Wildman–Crippen MR) is 81.8 cm³/mol. The van der Waals surface area contributed by atoms with Crippen molar-refractivity contribution in [2.45, 2.75) is 0 Å². The molecule has 0 radical (unpaired) electrons. The van der Waals surface area contributed by atoms with Gasteiger partial charge < -0.3 is 4.74 Å². The molecule has 0 heterocycles. The van der Waals surface area contributed by atoms with E-state index in [1.807, 2.05) is 0 Å². The Kier molecular flexibility index (Phi) is 5.76. The Morgan fingerprint density at radius 1 is 0.929 bits per heavy atom. The van der Waals surface area contributed by atoms with E-state index in [-0.39, 0.29) is 0 Å². The highest BCUT2D eigenvalue weighted by Gasteiger charge is 2.26. The minimum Gasteiger partial charge on any atom is -0.465 e. The molecule has 0 bridgehead atoms. The number of esters is 1. The molecule has 0 aliphatic rings. The maximum absolute atomic E-state index is 13.6. The van der Waals surface area contributed by atoms with Crippen molar-refractivity contribution in [2.24, 2.45) is 0 Å². The Balaban J connectivity index is 2.35. The number of amides is 1. The molecule has 1 amide bonds. The van der Waals surface area contributed by atoms with Crippen molar-refractivity contribution in [1.82, 2.24) is 5.43 Å². The zero-order valence-electron chi connectivity index (χ0n) is 13.6. The molecular formula is C15H8F5N3O5. The number of nitro benzene ring substituents is 1. The van der Waals surface area contributed by atoms with Gasteiger partial charge in [-0.25, -0.2) is 26.7 Å². The van der Waals surface area contributed by atoms with Gasteiger partial charge in [-0.2, -0.15) is 0 Å². The molecule has 0 fully saturated rings. The van der Waals surface area contributed by atoms with Crippen molar-refractivity contribution >= 4 is 23.3 Å². The minimum atomic E-state index is -2.40. The minimum absolute atomic E-state index is 0.391. The van der Waals surface area contributed by atoms with E-state index >= 15 is 0 Å². The van der Waals surface area contributed by atoms with Gasteiger partial charge in [-0.05, 0) is 6.07 Å². The first-order valence-corrected chi connectivity index (χ1v) is 7.04. The van der Waals surface area contributed by atoms with Gasteiger partial charge in [0.1, 0.15) is 5.69 Å². The number of hydrogen-bond donors (Lipinski definition) is 2. The topological polar surface area (TPSA) is 111 Å². The van der Waals surface area contributed by atoms with Crippen LogP contribution in [0.15, 0.2) is 18.2 Å². The fourth-order valence-electron chi connectivity index (χ4n) is 1.99. The number of methoxy groups -OCH3 is 1. The maximum atomic E-state index is 13.6. The molecule has 0 spiro atoms. The van der Waals surface area contributed by atoms with Crippen LogP contribution in [0.3, 0.4) is 0 Å². The van der Waals surface area contributed by atoms with Crippen LogP contribution in [0, 0.1) is 39.2 Å². The lowest BCUT2D eigenvalue weighted by Gasteiger charge is -2.12. The molecule has 0 saturated carbocycles. The van der Waals surface area contributed by atoms with E-state index in [0.29, 0.717) is 6.07 Å². The van der Waals surface area contributed by atoms with Gasteiger partial charge in [-0.15, -0.1) is 0 Å². The second-order valence-electron chi connectivity index (χ2n) is 5.04. The molecule has 0 aromatic heterocycles. The Labute approximate surface area is 152 Å². The number of carbonyl (C=O) groups excluding carboxylic acids is 2. The van der Waals surface area contributed by atoms with Crippen molar-refractivity contribution < 1.29 is 41.2 Å². The molecule has 2 aromatic carbocycles. The van der Waals surface area contributed by atoms with E-state index in [2.05, 4.69) is 4.74 Å². The second kappa shape index (κ2) is 7.85. The average molecular weight is 405 g/mol. The highest BCUT2D eigenvalue weighted by atomic mass is 19.2. The summed E-state index contributed by atoms with van der Waals surface area (Å²) in [4.78, 5) is 33.6. The summed E-state index contributed by atoms with van der Waals surface area (Å²) in [7, 11) is 0.978. The number of non-ortho nitro benzene ring substituents is 1. The number of nitrogens with zero attached hydrogens (tertiary/aromatic N) is 1. The van der Waals surface area contributed by atoms with Gasteiger partial charge in [0.15, 0.2) is 23.3 Å². The van der Waals surface area contributed by atoms with Gasteiger partial charge in [0, 0.05) is 17.7 Å². The number of benzene rings is 2. The smallest absolute Gasteiger partial charge is 0.338 e. The van der Waals surface area contributed by atoms with E-state index in [9.17, 15) is 41.7 Å². The van der Waals surface area contributed by atoms with E-state index in [1.54, 1.807) is 5.43 Å². The molecule has 2 aromatic rings. The summed E-state index contributed by atoms with van der Waals surface area (Å²) < 4.78 is 70.7. The number of nitro groups is 1. The molecule has 0 saturated heterocycles. The van der Waals surface area contributed by atoms with Crippen LogP contribution in [-0.4, -0.2) is 23.9 Å². The molecule has 28 heavy (non-hydrogen) atoms. The summed E-state index contributed by atoms with van der Waals surface area (Å²) >= 11 is 0. The summed E-state index contributed by atoms with van der Waals surface area (Å²) in [5.41, 5.74) is -0.0305. The highest BCUT2D eigenvalue weighted by molar-refractivity contribution is 5.99. The van der Waals surface area contributed by atoms with E-state index < -0.39 is 68.4 Å². The van der Waals surface area contributed by atoms with E-state index in [0.717, 1.165) is 19.2 Å². The zero-order chi connectivity index (χ0) is 21.2. The predicted octanol–water partition coefficient (Wildman–Crippen LogP) is 2.83. The fourth-order valence-corrected chi connectivity index (χ4v) is 1.99. The second-order valence-corrected chi connectivity index (χ2v) is 5.04. The van der Waals surface area contributed by atoms with Crippen LogP contribution in [-0.2, 0) is 4.74 Å². The summed E-state index contributed by atoms with van der Waals surface area (Å²) in [6.07, 6.45) is 0. The number of hydrogen-bond acceptors (Lipinski definition) is 6. The molecule has 0 unspecified atom stereocenters. The summed E-state index contributed by atoms with van der Waals surface area (Å²) in [5, 5.41) is 10.9. The van der Waals surface area contributed by atoms with Crippen LogP contribution in [0.5, 0.6) is 0 Å². The van der Waals surface area contributed by atoms with Gasteiger partial charge in [0.2, 0.25) is 5.82 Å². The van der Waals surface area contributed by atoms with Crippen LogP contribution in [0.4, 0.5) is 33.3 Å². The van der Waals surface area contributed by atoms with Crippen LogP contribution in [0.1, 0.15) is 20.7 Å². The van der Waals surface area contributed by atoms with Crippen molar-refractivity contribution in [3.8, 4) is 0 Å². The molecular weight excluding hydrogens is 397 g/mol. The molecule has 2 rings (SSSR count). The van der Waals surface area contributed by atoms with E-state index in [1.165, 1.54) is 5.43 Å². The average Bonchev–Trinajstić information content (AvgIpc) is 2.69. The third-order valence-corrected chi connectivity index (χ3v) is 3.32. The third-order valence-electron chi connectivity index (χ3n) is 3.32. The largest absolute Gasteiger partial charge is 0.465 e. The lowest BCUT2D eigenvalue weighted by atomic mass is 10.1. The Hall–Kier alpha value is -3.77. The first-order chi connectivity index (χ1) is 13.1. The number of ether oxygens (including phenoxy) is 1. The number of carbonyl (C=O) groups is 2. The molecule has 0 aliphatic heterocycles. The standard InChI is InChI=1S/C15H8F5N3O5/c1-28-15(25)6-2-5(3-7(4-6)23(26)27)14(24)22-21-13-11(19)9(17)8(16)10(18)12(13)20/h2-4,21H,1H3,(H,22,24). The van der Waals surface area contributed by atoms with Crippen molar-refractivity contribution in [1.29, 1.82) is 0 Å². The molecule has 8 nitrogen and oxygen atoms in total. The molecule has 13 heteroatoms. The van der Waals surface area contributed by atoms with Gasteiger partial charge in [-0.1, -0.05) is 0 Å². The number of nitrogens with one attached hydrogen (secondary N) is 2. The summed E-state index contributed by atoms with van der Waals surface area (Å²) in [6, 6.07) is 2.37. The van der Waals surface area contributed by atoms with E-state index in [4.69, 9.17) is 0 Å². The maximum Gasteiger partial charge on any atom is 0.338 e. The first-order valence-electron chi connectivity index (χ1n) is 7.04. The van der Waals surface area contributed by atoms with Crippen LogP contribution in [0.25, 0.3) is 0 Å². The Morgan fingerprint density at radius 3 is 1.93 bits per heavy atom. The Bertz CT molecular complexity index is 970. The molecule has 0 atom stereocenters. The van der Waals surface area contributed by atoms with Gasteiger partial charge in [0.05, 0.1) is 17.6 Å². The number of anilines is 1. The van der Waals surface area contributed by atoms with Gasteiger partial charge in [-0.3, -0.25) is 25.8 Å². The lowest BCUT2D eigenvalue weighted by molar-refractivity contribution is -0.384. The molecule has 2 N–H and O–H groups in total. The van der Waals surface area contributed by atoms with Gasteiger partial charge >= 0.3 is 5.97 Å². The van der Waals surface area contributed by atoms with Crippen molar-refractivity contribution in [2.75, 3.05) is 12.5 Å². The number of halogens is 5. The van der Waals surface area contributed by atoms with Crippen LogP contribution in [0.2, 0.25) is 0 Å².